The van der Waals surface area contributed by atoms with Crippen molar-refractivity contribution < 1.29 is 0 Å². The van der Waals surface area contributed by atoms with E-state index in [-0.39, 0.29) is 0 Å². The maximum Gasteiger partial charge on any atom is 0.155 e. The van der Waals surface area contributed by atoms with E-state index in [4.69, 9.17) is 18.0 Å². The van der Waals surface area contributed by atoms with Crippen LogP contribution in [-0.4, -0.2) is 19.5 Å². The molecule has 5 heteroatoms. The van der Waals surface area contributed by atoms with E-state index in [0.29, 0.717) is 10.8 Å². The fourth-order valence-electron chi connectivity index (χ4n) is 1.20. The Morgan fingerprint density at radius 2 is 2.29 bits per heavy atom. The standard InChI is InChI=1S/C9H8N4S/c10-9(14)7-2-1-5-13(7)8-6-11-3-4-12-8/h1-6H,(H2,10,14). The maximum atomic E-state index is 5.56. The lowest BCUT2D eigenvalue weighted by Crippen LogP contribution is -2.14. The van der Waals surface area contributed by atoms with Gasteiger partial charge in [-0.25, -0.2) is 4.98 Å². The molecule has 0 aliphatic heterocycles. The van der Waals surface area contributed by atoms with Crippen LogP contribution in [-0.2, 0) is 0 Å². The number of aromatic nitrogens is 3. The molecule has 0 saturated heterocycles. The maximum absolute atomic E-state index is 5.56. The average Bonchev–Trinajstić information content (AvgIpc) is 2.67. The number of rotatable bonds is 2. The molecule has 0 saturated carbocycles. The monoisotopic (exact) mass is 204 g/mol. The first-order chi connectivity index (χ1) is 6.79. The second kappa shape index (κ2) is 3.55. The molecule has 0 aromatic carbocycles. The predicted octanol–water partition coefficient (Wildman–Crippen LogP) is 0.901. The molecule has 0 atom stereocenters. The van der Waals surface area contributed by atoms with Crippen LogP contribution in [0.2, 0.25) is 0 Å². The highest BCUT2D eigenvalue weighted by molar-refractivity contribution is 7.80. The lowest BCUT2D eigenvalue weighted by molar-refractivity contribution is 0.973. The van der Waals surface area contributed by atoms with Crippen molar-refractivity contribution in [1.82, 2.24) is 14.5 Å². The van der Waals surface area contributed by atoms with Gasteiger partial charge < -0.3 is 5.73 Å². The molecule has 0 unspecified atom stereocenters. The highest BCUT2D eigenvalue weighted by Crippen LogP contribution is 2.08. The summed E-state index contributed by atoms with van der Waals surface area (Å²) in [5, 5.41) is 0. The predicted molar refractivity (Wildman–Crippen MR) is 57.2 cm³/mol. The minimum Gasteiger partial charge on any atom is -0.388 e. The van der Waals surface area contributed by atoms with Gasteiger partial charge in [0, 0.05) is 18.6 Å². The van der Waals surface area contributed by atoms with Gasteiger partial charge in [-0.05, 0) is 12.1 Å². The highest BCUT2D eigenvalue weighted by atomic mass is 32.1. The second-order valence-corrected chi connectivity index (χ2v) is 3.13. The Kier molecular flexibility index (Phi) is 2.24. The van der Waals surface area contributed by atoms with E-state index in [0.717, 1.165) is 5.69 Å². The van der Waals surface area contributed by atoms with Gasteiger partial charge >= 0.3 is 0 Å². The molecule has 2 aromatic rings. The normalized spacial score (nSPS) is 10.0. The van der Waals surface area contributed by atoms with Crippen LogP contribution in [0.5, 0.6) is 0 Å². The summed E-state index contributed by atoms with van der Waals surface area (Å²) in [6.07, 6.45) is 6.74. The van der Waals surface area contributed by atoms with E-state index in [9.17, 15) is 0 Å². The molecular formula is C9H8N4S. The first-order valence-electron chi connectivity index (χ1n) is 4.02. The first-order valence-corrected chi connectivity index (χ1v) is 4.43. The van der Waals surface area contributed by atoms with Crippen molar-refractivity contribution in [3.05, 3.63) is 42.6 Å². The van der Waals surface area contributed by atoms with Crippen molar-refractivity contribution in [3.8, 4) is 5.82 Å². The molecule has 0 amide bonds. The summed E-state index contributed by atoms with van der Waals surface area (Å²) in [6, 6.07) is 3.71. The van der Waals surface area contributed by atoms with Crippen LogP contribution in [0.15, 0.2) is 36.9 Å². The van der Waals surface area contributed by atoms with E-state index < -0.39 is 0 Å². The lowest BCUT2D eigenvalue weighted by Gasteiger charge is -2.05. The van der Waals surface area contributed by atoms with Gasteiger partial charge in [0.1, 0.15) is 4.99 Å². The Morgan fingerprint density at radius 3 is 2.93 bits per heavy atom. The fraction of sp³-hybridized carbons (Fsp3) is 0. The number of nitrogens with zero attached hydrogens (tertiary/aromatic N) is 3. The first kappa shape index (κ1) is 8.83. The molecular weight excluding hydrogens is 196 g/mol. The minimum atomic E-state index is 0.348. The van der Waals surface area contributed by atoms with Crippen molar-refractivity contribution >= 4 is 17.2 Å². The van der Waals surface area contributed by atoms with Crippen LogP contribution < -0.4 is 5.73 Å². The molecule has 4 nitrogen and oxygen atoms in total. The quantitative estimate of drug-likeness (QED) is 0.738. The lowest BCUT2D eigenvalue weighted by atomic mass is 10.4. The van der Waals surface area contributed by atoms with Gasteiger partial charge in [-0.15, -0.1) is 0 Å². The average molecular weight is 204 g/mol. The van der Waals surface area contributed by atoms with Gasteiger partial charge in [-0.1, -0.05) is 12.2 Å². The van der Waals surface area contributed by atoms with Crippen LogP contribution in [0.4, 0.5) is 0 Å². The van der Waals surface area contributed by atoms with Crippen molar-refractivity contribution in [2.75, 3.05) is 0 Å². The topological polar surface area (TPSA) is 56.7 Å². The Balaban J connectivity index is 2.52. The third-order valence-corrected chi connectivity index (χ3v) is 2.01. The molecule has 2 N–H and O–H groups in total. The van der Waals surface area contributed by atoms with Crippen LogP contribution in [0.3, 0.4) is 0 Å². The Morgan fingerprint density at radius 1 is 1.43 bits per heavy atom. The summed E-state index contributed by atoms with van der Waals surface area (Å²) in [4.78, 5) is 8.47. The van der Waals surface area contributed by atoms with Gasteiger partial charge in [0.25, 0.3) is 0 Å². The third kappa shape index (κ3) is 1.49. The van der Waals surface area contributed by atoms with Crippen LogP contribution in [0, 0.1) is 0 Å². The third-order valence-electron chi connectivity index (χ3n) is 1.80. The van der Waals surface area contributed by atoms with Gasteiger partial charge in [-0.2, -0.15) is 0 Å². The molecule has 0 aliphatic carbocycles. The molecule has 0 bridgehead atoms. The molecule has 14 heavy (non-hydrogen) atoms. The van der Waals surface area contributed by atoms with E-state index >= 15 is 0 Å². The summed E-state index contributed by atoms with van der Waals surface area (Å²) in [5.74, 6) is 0.709. The Hall–Kier alpha value is -1.75. The summed E-state index contributed by atoms with van der Waals surface area (Å²) in [6.45, 7) is 0. The van der Waals surface area contributed by atoms with E-state index in [1.165, 1.54) is 0 Å². The highest BCUT2D eigenvalue weighted by Gasteiger charge is 2.05. The summed E-state index contributed by atoms with van der Waals surface area (Å²) in [7, 11) is 0. The van der Waals surface area contributed by atoms with Crippen LogP contribution in [0.1, 0.15) is 5.69 Å². The summed E-state index contributed by atoms with van der Waals surface area (Å²) >= 11 is 4.91. The fourth-order valence-corrected chi connectivity index (χ4v) is 1.36. The number of hydrogen-bond donors (Lipinski definition) is 1. The molecule has 2 heterocycles. The van der Waals surface area contributed by atoms with Gasteiger partial charge in [0.2, 0.25) is 0 Å². The van der Waals surface area contributed by atoms with E-state index in [2.05, 4.69) is 9.97 Å². The van der Waals surface area contributed by atoms with Gasteiger partial charge in [0.15, 0.2) is 5.82 Å². The molecule has 2 rings (SSSR count). The van der Waals surface area contributed by atoms with Gasteiger partial charge in [0.05, 0.1) is 11.9 Å². The van der Waals surface area contributed by atoms with Crippen molar-refractivity contribution in [3.63, 3.8) is 0 Å². The molecule has 2 aromatic heterocycles. The number of hydrogen-bond acceptors (Lipinski definition) is 3. The smallest absolute Gasteiger partial charge is 0.155 e. The summed E-state index contributed by atoms with van der Waals surface area (Å²) < 4.78 is 1.80. The van der Waals surface area contributed by atoms with Crippen LogP contribution in [0.25, 0.3) is 5.82 Å². The molecule has 0 spiro atoms. The second-order valence-electron chi connectivity index (χ2n) is 2.69. The molecule has 0 fully saturated rings. The zero-order valence-electron chi connectivity index (χ0n) is 7.29. The zero-order valence-corrected chi connectivity index (χ0v) is 8.11. The van der Waals surface area contributed by atoms with E-state index in [1.54, 1.807) is 23.2 Å². The molecule has 0 aliphatic rings. The van der Waals surface area contributed by atoms with Gasteiger partial charge in [-0.3, -0.25) is 9.55 Å². The molecule has 0 radical (unpaired) electrons. The van der Waals surface area contributed by atoms with Crippen molar-refractivity contribution in [2.45, 2.75) is 0 Å². The van der Waals surface area contributed by atoms with Crippen molar-refractivity contribution in [1.29, 1.82) is 0 Å². The van der Waals surface area contributed by atoms with Crippen LogP contribution >= 0.6 is 12.2 Å². The zero-order chi connectivity index (χ0) is 9.97. The Bertz CT molecular complexity index is 449. The largest absolute Gasteiger partial charge is 0.388 e. The van der Waals surface area contributed by atoms with Crippen molar-refractivity contribution in [2.24, 2.45) is 5.73 Å². The van der Waals surface area contributed by atoms with E-state index in [1.807, 2.05) is 18.3 Å². The Labute approximate surface area is 86.4 Å². The number of nitrogens with two attached hydrogens (primary N) is 1. The molecule has 70 valence electrons. The summed E-state index contributed by atoms with van der Waals surface area (Å²) in [5.41, 5.74) is 6.32. The SMILES string of the molecule is NC(=S)c1cccn1-c1cnccn1. The minimum absolute atomic E-state index is 0.348. The number of thiocarbonyl (C=S) groups is 1.